The van der Waals surface area contributed by atoms with Gasteiger partial charge >= 0.3 is 0 Å². The molecule has 0 saturated heterocycles. The third kappa shape index (κ3) is 6.17. The summed E-state index contributed by atoms with van der Waals surface area (Å²) in [5.74, 6) is 0.263. The summed E-state index contributed by atoms with van der Waals surface area (Å²) in [7, 11) is 1.90. The Labute approximate surface area is 114 Å². The lowest BCUT2D eigenvalue weighted by molar-refractivity contribution is -0.130. The van der Waals surface area contributed by atoms with Crippen molar-refractivity contribution in [3.8, 4) is 0 Å². The topological polar surface area (TPSA) is 46.3 Å². The highest BCUT2D eigenvalue weighted by atomic mass is 32.1. The van der Waals surface area contributed by atoms with Gasteiger partial charge in [0, 0.05) is 24.9 Å². The fourth-order valence-corrected chi connectivity index (χ4v) is 2.52. The Morgan fingerprint density at radius 1 is 1.33 bits per heavy atom. The first kappa shape index (κ1) is 15.2. The van der Waals surface area contributed by atoms with Crippen LogP contribution in [0.15, 0.2) is 17.5 Å². The molecule has 0 spiro atoms. The van der Waals surface area contributed by atoms with Crippen molar-refractivity contribution in [3.63, 3.8) is 0 Å². The number of carbonyl (C=O) groups excluding carboxylic acids is 1. The largest absolute Gasteiger partial charge is 0.345 e. The first-order valence-electron chi connectivity index (χ1n) is 6.70. The van der Waals surface area contributed by atoms with Gasteiger partial charge in [0.1, 0.15) is 0 Å². The van der Waals surface area contributed by atoms with Crippen molar-refractivity contribution < 1.29 is 4.79 Å². The summed E-state index contributed by atoms with van der Waals surface area (Å²) in [5, 5.41) is 2.08. The number of nitrogens with zero attached hydrogens (tertiary/aromatic N) is 1. The normalized spacial score (nSPS) is 10.6. The maximum absolute atomic E-state index is 11.8. The Kier molecular flexibility index (Phi) is 7.69. The molecule has 0 aliphatic carbocycles. The lowest BCUT2D eigenvalue weighted by Gasteiger charge is -2.16. The predicted molar refractivity (Wildman–Crippen MR) is 77.8 cm³/mol. The summed E-state index contributed by atoms with van der Waals surface area (Å²) in [5.41, 5.74) is 5.43. The second kappa shape index (κ2) is 9.11. The van der Waals surface area contributed by atoms with Gasteiger partial charge in [-0.3, -0.25) is 4.79 Å². The van der Waals surface area contributed by atoms with Crippen molar-refractivity contribution in [1.82, 2.24) is 4.90 Å². The SMILES string of the molecule is CN(CCc1cccs1)C(=O)CCCCCCN. The molecule has 3 nitrogen and oxygen atoms in total. The minimum Gasteiger partial charge on any atom is -0.345 e. The van der Waals surface area contributed by atoms with E-state index in [-0.39, 0.29) is 5.91 Å². The lowest BCUT2D eigenvalue weighted by Crippen LogP contribution is -2.28. The van der Waals surface area contributed by atoms with Crippen molar-refractivity contribution >= 4 is 17.2 Å². The maximum atomic E-state index is 11.8. The van der Waals surface area contributed by atoms with Crippen LogP contribution in [-0.4, -0.2) is 30.9 Å². The molecular weight excluding hydrogens is 244 g/mol. The third-order valence-corrected chi connectivity index (χ3v) is 3.98. The van der Waals surface area contributed by atoms with E-state index in [0.29, 0.717) is 6.42 Å². The number of carbonyl (C=O) groups is 1. The van der Waals surface area contributed by atoms with Gasteiger partial charge in [0.15, 0.2) is 0 Å². The standard InChI is InChI=1S/C14H24N2OS/c1-16(11-9-13-7-6-12-18-13)14(17)8-4-2-3-5-10-15/h6-7,12H,2-5,8-11,15H2,1H3. The van der Waals surface area contributed by atoms with Gasteiger partial charge < -0.3 is 10.6 Å². The zero-order valence-electron chi connectivity index (χ0n) is 11.2. The van der Waals surface area contributed by atoms with Crippen LogP contribution in [0.1, 0.15) is 37.0 Å². The Morgan fingerprint density at radius 3 is 2.78 bits per heavy atom. The molecule has 1 amide bonds. The van der Waals surface area contributed by atoms with Crippen LogP contribution in [0.5, 0.6) is 0 Å². The number of nitrogens with two attached hydrogens (primary N) is 1. The minimum atomic E-state index is 0.263. The number of rotatable bonds is 9. The monoisotopic (exact) mass is 268 g/mol. The van der Waals surface area contributed by atoms with Crippen molar-refractivity contribution in [2.45, 2.75) is 38.5 Å². The Bertz CT molecular complexity index is 325. The van der Waals surface area contributed by atoms with E-state index in [1.807, 2.05) is 11.9 Å². The molecule has 0 aromatic carbocycles. The van der Waals surface area contributed by atoms with Crippen LogP contribution in [0.4, 0.5) is 0 Å². The lowest BCUT2D eigenvalue weighted by atomic mass is 10.1. The van der Waals surface area contributed by atoms with E-state index >= 15 is 0 Å². The fraction of sp³-hybridized carbons (Fsp3) is 0.643. The number of unbranched alkanes of at least 4 members (excludes halogenated alkanes) is 3. The summed E-state index contributed by atoms with van der Waals surface area (Å²) in [6, 6.07) is 4.18. The van der Waals surface area contributed by atoms with Crippen LogP contribution < -0.4 is 5.73 Å². The molecule has 0 bridgehead atoms. The van der Waals surface area contributed by atoms with E-state index in [0.717, 1.165) is 45.2 Å². The molecule has 2 N–H and O–H groups in total. The minimum absolute atomic E-state index is 0.263. The van der Waals surface area contributed by atoms with E-state index in [4.69, 9.17) is 5.73 Å². The molecule has 102 valence electrons. The van der Waals surface area contributed by atoms with E-state index in [2.05, 4.69) is 17.5 Å². The predicted octanol–water partition coefficient (Wildman–Crippen LogP) is 2.66. The molecule has 1 aromatic rings. The summed E-state index contributed by atoms with van der Waals surface area (Å²) in [6.07, 6.45) is 5.95. The molecule has 0 atom stereocenters. The summed E-state index contributed by atoms with van der Waals surface area (Å²) >= 11 is 1.75. The number of hydrogen-bond acceptors (Lipinski definition) is 3. The molecule has 0 aliphatic heterocycles. The first-order valence-corrected chi connectivity index (χ1v) is 7.58. The van der Waals surface area contributed by atoms with E-state index in [9.17, 15) is 4.79 Å². The van der Waals surface area contributed by atoms with Gasteiger partial charge in [-0.05, 0) is 37.3 Å². The molecule has 0 aliphatic rings. The van der Waals surface area contributed by atoms with Crippen LogP contribution >= 0.6 is 11.3 Å². The quantitative estimate of drug-likeness (QED) is 0.700. The van der Waals surface area contributed by atoms with Gasteiger partial charge in [-0.25, -0.2) is 0 Å². The molecule has 1 heterocycles. The van der Waals surface area contributed by atoms with Crippen LogP contribution in [-0.2, 0) is 11.2 Å². The number of hydrogen-bond donors (Lipinski definition) is 1. The molecule has 0 saturated carbocycles. The average Bonchev–Trinajstić information content (AvgIpc) is 2.88. The Morgan fingerprint density at radius 2 is 2.11 bits per heavy atom. The van der Waals surface area contributed by atoms with Gasteiger partial charge in [-0.2, -0.15) is 0 Å². The van der Waals surface area contributed by atoms with Gasteiger partial charge in [-0.15, -0.1) is 11.3 Å². The molecule has 0 fully saturated rings. The fourth-order valence-electron chi connectivity index (χ4n) is 1.82. The summed E-state index contributed by atoms with van der Waals surface area (Å²) in [4.78, 5) is 15.0. The van der Waals surface area contributed by atoms with Crippen molar-refractivity contribution in [1.29, 1.82) is 0 Å². The number of likely N-dealkylation sites (N-methyl/N-ethyl adjacent to an activating group) is 1. The Hall–Kier alpha value is -0.870. The molecule has 0 radical (unpaired) electrons. The Balaban J connectivity index is 2.09. The maximum Gasteiger partial charge on any atom is 0.222 e. The second-order valence-electron chi connectivity index (χ2n) is 4.60. The highest BCUT2D eigenvalue weighted by Crippen LogP contribution is 2.10. The van der Waals surface area contributed by atoms with Gasteiger partial charge in [0.25, 0.3) is 0 Å². The van der Waals surface area contributed by atoms with Crippen LogP contribution in [0.25, 0.3) is 0 Å². The zero-order valence-corrected chi connectivity index (χ0v) is 12.0. The van der Waals surface area contributed by atoms with Crippen LogP contribution in [0.3, 0.4) is 0 Å². The van der Waals surface area contributed by atoms with Crippen LogP contribution in [0.2, 0.25) is 0 Å². The first-order chi connectivity index (χ1) is 8.74. The van der Waals surface area contributed by atoms with Gasteiger partial charge in [0.05, 0.1) is 0 Å². The third-order valence-electron chi connectivity index (χ3n) is 3.04. The molecule has 18 heavy (non-hydrogen) atoms. The molecule has 4 heteroatoms. The average molecular weight is 268 g/mol. The smallest absolute Gasteiger partial charge is 0.222 e. The zero-order chi connectivity index (χ0) is 13.2. The van der Waals surface area contributed by atoms with E-state index < -0.39 is 0 Å². The molecular formula is C14H24N2OS. The summed E-state index contributed by atoms with van der Waals surface area (Å²) < 4.78 is 0. The van der Waals surface area contributed by atoms with E-state index in [1.54, 1.807) is 11.3 Å². The second-order valence-corrected chi connectivity index (χ2v) is 5.63. The van der Waals surface area contributed by atoms with Crippen molar-refractivity contribution in [2.24, 2.45) is 5.73 Å². The summed E-state index contributed by atoms with van der Waals surface area (Å²) in [6.45, 7) is 1.58. The van der Waals surface area contributed by atoms with Crippen LogP contribution in [0, 0.1) is 0 Å². The highest BCUT2D eigenvalue weighted by Gasteiger charge is 2.08. The molecule has 1 aromatic heterocycles. The molecule has 0 unspecified atom stereocenters. The van der Waals surface area contributed by atoms with Crippen molar-refractivity contribution in [3.05, 3.63) is 22.4 Å². The number of thiophene rings is 1. The van der Waals surface area contributed by atoms with Gasteiger partial charge in [0.2, 0.25) is 5.91 Å². The number of amides is 1. The van der Waals surface area contributed by atoms with Crippen molar-refractivity contribution in [2.75, 3.05) is 20.1 Å². The van der Waals surface area contributed by atoms with Gasteiger partial charge in [-0.1, -0.05) is 18.9 Å². The van der Waals surface area contributed by atoms with E-state index in [1.165, 1.54) is 4.88 Å². The highest BCUT2D eigenvalue weighted by molar-refractivity contribution is 7.09. The molecule has 1 rings (SSSR count).